The van der Waals surface area contributed by atoms with Crippen LogP contribution in [-0.4, -0.2) is 25.2 Å². The second kappa shape index (κ2) is 5.10. The molecule has 0 heterocycles. The molecule has 0 aromatic heterocycles. The van der Waals surface area contributed by atoms with Crippen LogP contribution in [-0.2, 0) is 20.0 Å². The first-order chi connectivity index (χ1) is 8.13. The highest BCUT2D eigenvalue weighted by Crippen LogP contribution is 2.23. The quantitative estimate of drug-likeness (QED) is 0.910. The first-order valence-electron chi connectivity index (χ1n) is 5.68. The summed E-state index contributed by atoms with van der Waals surface area (Å²) in [6, 6.07) is 6.62. The molecule has 0 amide bonds. The van der Waals surface area contributed by atoms with E-state index in [0.717, 1.165) is 5.56 Å². The summed E-state index contributed by atoms with van der Waals surface area (Å²) in [6.07, 6.45) is -0.372. The molecule has 0 radical (unpaired) electrons. The van der Waals surface area contributed by atoms with Gasteiger partial charge in [-0.3, -0.25) is 4.79 Å². The Balaban J connectivity index is 2.95. The van der Waals surface area contributed by atoms with Crippen LogP contribution in [0, 0.1) is 0 Å². The number of sulfone groups is 1. The molecule has 1 aromatic carbocycles. The predicted molar refractivity (Wildman–Crippen MR) is 69.4 cm³/mol. The van der Waals surface area contributed by atoms with Gasteiger partial charge >= 0.3 is 5.97 Å². The van der Waals surface area contributed by atoms with E-state index >= 15 is 0 Å². The lowest BCUT2D eigenvalue weighted by atomic mass is 9.87. The molecule has 0 fully saturated rings. The standard InChI is InChI=1S/C13H18O4S/c1-13(2,3)10-4-6-11(7-5-10)18(16,17)9-8-12(14)15/h4-7H,8-9H2,1-3H3,(H,14,15). The first kappa shape index (κ1) is 14.7. The Labute approximate surface area is 108 Å². The molecule has 1 rings (SSSR count). The molecule has 0 aliphatic heterocycles. The van der Waals surface area contributed by atoms with Gasteiger partial charge in [0.05, 0.1) is 17.1 Å². The largest absolute Gasteiger partial charge is 0.481 e. The lowest BCUT2D eigenvalue weighted by molar-refractivity contribution is -0.136. The maximum Gasteiger partial charge on any atom is 0.304 e. The normalized spacial score (nSPS) is 12.4. The van der Waals surface area contributed by atoms with E-state index in [0.29, 0.717) is 0 Å². The molecule has 1 aromatic rings. The summed E-state index contributed by atoms with van der Waals surface area (Å²) < 4.78 is 23.7. The third-order valence-electron chi connectivity index (χ3n) is 2.66. The van der Waals surface area contributed by atoms with Crippen LogP contribution in [0.15, 0.2) is 29.2 Å². The average Bonchev–Trinajstić information content (AvgIpc) is 2.26. The van der Waals surface area contributed by atoms with Crippen molar-refractivity contribution >= 4 is 15.8 Å². The van der Waals surface area contributed by atoms with Crippen molar-refractivity contribution in [2.24, 2.45) is 0 Å². The second-order valence-corrected chi connectivity index (χ2v) is 7.35. The maximum absolute atomic E-state index is 11.8. The lowest BCUT2D eigenvalue weighted by Crippen LogP contribution is -2.13. The zero-order chi connectivity index (χ0) is 14.0. The number of carboxylic acid groups (broad SMARTS) is 1. The van der Waals surface area contributed by atoms with Crippen molar-refractivity contribution < 1.29 is 18.3 Å². The molecule has 0 atom stereocenters. The molecule has 1 N–H and O–H groups in total. The van der Waals surface area contributed by atoms with Gasteiger partial charge in [-0.05, 0) is 23.1 Å². The molecule has 100 valence electrons. The zero-order valence-electron chi connectivity index (χ0n) is 10.8. The fraction of sp³-hybridized carbons (Fsp3) is 0.462. The molecule has 0 unspecified atom stereocenters. The molecule has 0 spiro atoms. The minimum Gasteiger partial charge on any atom is -0.481 e. The van der Waals surface area contributed by atoms with E-state index in [9.17, 15) is 13.2 Å². The van der Waals surface area contributed by atoms with Crippen molar-refractivity contribution in [1.82, 2.24) is 0 Å². The third kappa shape index (κ3) is 3.84. The summed E-state index contributed by atoms with van der Waals surface area (Å²) in [6.45, 7) is 6.13. The summed E-state index contributed by atoms with van der Waals surface area (Å²) >= 11 is 0. The van der Waals surface area contributed by atoms with Crippen molar-refractivity contribution in [1.29, 1.82) is 0 Å². The van der Waals surface area contributed by atoms with E-state index in [1.54, 1.807) is 12.1 Å². The van der Waals surface area contributed by atoms with Crippen LogP contribution < -0.4 is 0 Å². The van der Waals surface area contributed by atoms with E-state index in [1.165, 1.54) is 12.1 Å². The highest BCUT2D eigenvalue weighted by atomic mass is 32.2. The highest BCUT2D eigenvalue weighted by molar-refractivity contribution is 7.91. The highest BCUT2D eigenvalue weighted by Gasteiger charge is 2.18. The summed E-state index contributed by atoms with van der Waals surface area (Å²) in [5, 5.41) is 8.51. The van der Waals surface area contributed by atoms with E-state index in [2.05, 4.69) is 0 Å². The Morgan fingerprint density at radius 3 is 2.06 bits per heavy atom. The van der Waals surface area contributed by atoms with Gasteiger partial charge in [-0.15, -0.1) is 0 Å². The van der Waals surface area contributed by atoms with Gasteiger partial charge in [-0.2, -0.15) is 0 Å². The van der Waals surface area contributed by atoms with Crippen LogP contribution in [0.4, 0.5) is 0 Å². The molecule has 18 heavy (non-hydrogen) atoms. The second-order valence-electron chi connectivity index (χ2n) is 5.24. The number of carbonyl (C=O) groups is 1. The molecular formula is C13H18O4S. The van der Waals surface area contributed by atoms with E-state index in [4.69, 9.17) is 5.11 Å². The van der Waals surface area contributed by atoms with Crippen LogP contribution in [0.25, 0.3) is 0 Å². The molecule has 0 saturated carbocycles. The Morgan fingerprint density at radius 1 is 1.17 bits per heavy atom. The lowest BCUT2D eigenvalue weighted by Gasteiger charge is -2.19. The summed E-state index contributed by atoms with van der Waals surface area (Å²) in [5.41, 5.74) is 1.00. The van der Waals surface area contributed by atoms with Gasteiger partial charge < -0.3 is 5.11 Å². The Morgan fingerprint density at radius 2 is 1.67 bits per heavy atom. The van der Waals surface area contributed by atoms with Gasteiger partial charge in [0.2, 0.25) is 0 Å². The zero-order valence-corrected chi connectivity index (χ0v) is 11.6. The van der Waals surface area contributed by atoms with Crippen molar-refractivity contribution in [3.63, 3.8) is 0 Å². The van der Waals surface area contributed by atoms with E-state index < -0.39 is 15.8 Å². The first-order valence-corrected chi connectivity index (χ1v) is 7.33. The fourth-order valence-electron chi connectivity index (χ4n) is 1.50. The summed E-state index contributed by atoms with van der Waals surface area (Å²) in [7, 11) is -3.50. The molecule has 0 saturated heterocycles. The summed E-state index contributed by atoms with van der Waals surface area (Å²) in [5.74, 6) is -1.47. The number of rotatable bonds is 4. The molecule has 4 nitrogen and oxygen atoms in total. The van der Waals surface area contributed by atoms with Gasteiger partial charge in [-0.25, -0.2) is 8.42 Å². The smallest absolute Gasteiger partial charge is 0.304 e. The van der Waals surface area contributed by atoms with Gasteiger partial charge in [0.25, 0.3) is 0 Å². The van der Waals surface area contributed by atoms with Crippen LogP contribution in [0.5, 0.6) is 0 Å². The monoisotopic (exact) mass is 270 g/mol. The van der Waals surface area contributed by atoms with Gasteiger partial charge in [0.15, 0.2) is 9.84 Å². The third-order valence-corrected chi connectivity index (χ3v) is 4.40. The maximum atomic E-state index is 11.8. The van der Waals surface area contributed by atoms with Crippen molar-refractivity contribution in [2.75, 3.05) is 5.75 Å². The van der Waals surface area contributed by atoms with Crippen LogP contribution in [0.3, 0.4) is 0 Å². The van der Waals surface area contributed by atoms with E-state index in [-0.39, 0.29) is 22.5 Å². The topological polar surface area (TPSA) is 71.4 Å². The number of carboxylic acids is 1. The number of hydrogen-bond donors (Lipinski definition) is 1. The Kier molecular flexibility index (Phi) is 4.16. The molecule has 0 aliphatic carbocycles. The van der Waals surface area contributed by atoms with Gasteiger partial charge in [0, 0.05) is 0 Å². The van der Waals surface area contributed by atoms with Crippen LogP contribution in [0.1, 0.15) is 32.8 Å². The van der Waals surface area contributed by atoms with Crippen molar-refractivity contribution in [3.8, 4) is 0 Å². The minimum absolute atomic E-state index is 0.0383. The van der Waals surface area contributed by atoms with E-state index in [1.807, 2.05) is 20.8 Å². The van der Waals surface area contributed by atoms with Crippen molar-refractivity contribution in [2.45, 2.75) is 37.5 Å². The average molecular weight is 270 g/mol. The fourth-order valence-corrected chi connectivity index (χ4v) is 2.73. The Hall–Kier alpha value is -1.36. The van der Waals surface area contributed by atoms with Crippen LogP contribution in [0.2, 0.25) is 0 Å². The minimum atomic E-state index is -3.50. The predicted octanol–water partition coefficient (Wildman–Crippen LogP) is 2.23. The van der Waals surface area contributed by atoms with Crippen LogP contribution >= 0.6 is 0 Å². The SMILES string of the molecule is CC(C)(C)c1ccc(S(=O)(=O)CCC(=O)O)cc1. The van der Waals surface area contributed by atoms with Gasteiger partial charge in [0.1, 0.15) is 0 Å². The number of benzene rings is 1. The molecule has 0 bridgehead atoms. The molecular weight excluding hydrogens is 252 g/mol. The number of hydrogen-bond acceptors (Lipinski definition) is 3. The molecule has 5 heteroatoms. The Bertz CT molecular complexity index is 521. The molecule has 0 aliphatic rings. The number of aliphatic carboxylic acids is 1. The van der Waals surface area contributed by atoms with Gasteiger partial charge in [-0.1, -0.05) is 32.9 Å². The van der Waals surface area contributed by atoms with Crippen molar-refractivity contribution in [3.05, 3.63) is 29.8 Å². The summed E-state index contributed by atoms with van der Waals surface area (Å²) in [4.78, 5) is 10.6.